The van der Waals surface area contributed by atoms with Crippen LogP contribution < -0.4 is 10.6 Å². The van der Waals surface area contributed by atoms with Crippen molar-refractivity contribution in [1.82, 2.24) is 10.6 Å². The number of nitrogens with one attached hydrogen (secondary N) is 2. The van der Waals surface area contributed by atoms with Crippen LogP contribution in [-0.4, -0.2) is 23.6 Å². The summed E-state index contributed by atoms with van der Waals surface area (Å²) in [6.45, 7) is 4.74. The Morgan fingerprint density at radius 3 is 2.47 bits per heavy atom. The van der Waals surface area contributed by atoms with Crippen LogP contribution in [0.15, 0.2) is 11.3 Å². The van der Waals surface area contributed by atoms with Crippen LogP contribution in [0.1, 0.15) is 27.2 Å². The van der Waals surface area contributed by atoms with E-state index < -0.39 is 0 Å². The molecule has 1 rings (SSSR count). The molecule has 0 bridgehead atoms. The van der Waals surface area contributed by atoms with E-state index in [-0.39, 0.29) is 30.1 Å². The van der Waals surface area contributed by atoms with Gasteiger partial charge in [-0.2, -0.15) is 0 Å². The Labute approximate surface area is 87.9 Å². The highest BCUT2D eigenvalue weighted by Gasteiger charge is 2.26. The maximum absolute atomic E-state index is 11.7. The van der Waals surface area contributed by atoms with Gasteiger partial charge in [-0.15, -0.1) is 0 Å². The van der Waals surface area contributed by atoms with Gasteiger partial charge in [0.15, 0.2) is 5.78 Å². The molecule has 82 valence electrons. The molecule has 5 nitrogen and oxygen atoms in total. The molecular weight excluding hydrogens is 196 g/mol. The van der Waals surface area contributed by atoms with Crippen LogP contribution in [0.25, 0.3) is 0 Å². The van der Waals surface area contributed by atoms with Crippen LogP contribution in [0.4, 0.5) is 4.79 Å². The molecule has 0 aromatic carbocycles. The number of allylic oxidation sites excluding steroid dienone is 1. The van der Waals surface area contributed by atoms with Crippen molar-refractivity contribution in [2.45, 2.75) is 33.2 Å². The molecule has 0 aromatic heterocycles. The van der Waals surface area contributed by atoms with Crippen molar-refractivity contribution in [3.63, 3.8) is 0 Å². The molecule has 2 N–H and O–H groups in total. The summed E-state index contributed by atoms with van der Waals surface area (Å²) in [5.74, 6) is -0.413. The lowest BCUT2D eigenvalue weighted by Crippen LogP contribution is -2.48. The summed E-state index contributed by atoms with van der Waals surface area (Å²) in [6, 6.07) is -0.662. The van der Waals surface area contributed by atoms with Gasteiger partial charge in [0, 0.05) is 11.3 Å². The van der Waals surface area contributed by atoms with E-state index in [1.165, 1.54) is 6.92 Å². The third-order valence-corrected chi connectivity index (χ3v) is 2.20. The van der Waals surface area contributed by atoms with Gasteiger partial charge >= 0.3 is 6.03 Å². The predicted octanol–water partition coefficient (Wildman–Crippen LogP) is 0.510. The Bertz CT molecular complexity index is 358. The monoisotopic (exact) mass is 210 g/mol. The van der Waals surface area contributed by atoms with Crippen LogP contribution >= 0.6 is 0 Å². The van der Waals surface area contributed by atoms with E-state index in [1.807, 2.05) is 0 Å². The number of carbonyl (C=O) groups is 3. The fourth-order valence-corrected chi connectivity index (χ4v) is 1.64. The number of Topliss-reactive ketones (excluding diaryl/α,β-unsaturated/α-hetero) is 2. The summed E-state index contributed by atoms with van der Waals surface area (Å²) >= 11 is 0. The zero-order chi connectivity index (χ0) is 11.6. The zero-order valence-corrected chi connectivity index (χ0v) is 9.01. The molecule has 0 saturated heterocycles. The highest BCUT2D eigenvalue weighted by atomic mass is 16.2. The van der Waals surface area contributed by atoms with Gasteiger partial charge in [-0.1, -0.05) is 0 Å². The Kier molecular flexibility index (Phi) is 3.24. The van der Waals surface area contributed by atoms with Gasteiger partial charge in [0.2, 0.25) is 0 Å². The van der Waals surface area contributed by atoms with E-state index in [0.29, 0.717) is 11.3 Å². The maximum Gasteiger partial charge on any atom is 0.319 e. The van der Waals surface area contributed by atoms with Crippen molar-refractivity contribution >= 4 is 17.6 Å². The van der Waals surface area contributed by atoms with Gasteiger partial charge in [-0.3, -0.25) is 9.59 Å². The quantitative estimate of drug-likeness (QED) is 0.666. The van der Waals surface area contributed by atoms with Crippen LogP contribution in [-0.2, 0) is 9.59 Å². The minimum atomic E-state index is -0.342. The first-order valence-corrected chi connectivity index (χ1v) is 4.72. The number of carbonyl (C=O) groups excluding carboxylic acids is 3. The van der Waals surface area contributed by atoms with E-state index in [9.17, 15) is 14.4 Å². The second-order valence-electron chi connectivity index (χ2n) is 3.66. The van der Waals surface area contributed by atoms with Crippen molar-refractivity contribution in [2.24, 2.45) is 0 Å². The molecule has 1 atom stereocenters. The minimum absolute atomic E-state index is 0.117. The number of urea groups is 1. The molecule has 1 heterocycles. The largest absolute Gasteiger partial charge is 0.331 e. The Balaban J connectivity index is 2.91. The molecule has 1 aliphatic rings. The fraction of sp³-hybridized carbons (Fsp3) is 0.500. The minimum Gasteiger partial charge on any atom is -0.331 e. The Morgan fingerprint density at radius 2 is 2.00 bits per heavy atom. The molecule has 1 aliphatic heterocycles. The fourth-order valence-electron chi connectivity index (χ4n) is 1.64. The van der Waals surface area contributed by atoms with E-state index >= 15 is 0 Å². The Hall–Kier alpha value is -1.65. The summed E-state index contributed by atoms with van der Waals surface area (Å²) in [5.41, 5.74) is 1.00. The summed E-state index contributed by atoms with van der Waals surface area (Å²) in [5, 5.41) is 5.09. The van der Waals surface area contributed by atoms with E-state index in [2.05, 4.69) is 10.6 Å². The lowest BCUT2D eigenvalue weighted by atomic mass is 9.97. The first kappa shape index (κ1) is 11.4. The van der Waals surface area contributed by atoms with Crippen molar-refractivity contribution in [2.75, 3.05) is 0 Å². The number of amides is 2. The number of hydrogen-bond donors (Lipinski definition) is 2. The van der Waals surface area contributed by atoms with Crippen LogP contribution in [0.3, 0.4) is 0 Å². The highest BCUT2D eigenvalue weighted by Crippen LogP contribution is 2.14. The number of rotatable bonds is 3. The first-order chi connectivity index (χ1) is 6.91. The van der Waals surface area contributed by atoms with Crippen molar-refractivity contribution in [3.8, 4) is 0 Å². The van der Waals surface area contributed by atoms with Crippen molar-refractivity contribution in [3.05, 3.63) is 11.3 Å². The summed E-state index contributed by atoms with van der Waals surface area (Å²) in [6.07, 6.45) is -0.117. The van der Waals surface area contributed by atoms with Crippen molar-refractivity contribution < 1.29 is 14.4 Å². The Morgan fingerprint density at radius 1 is 1.40 bits per heavy atom. The predicted molar refractivity (Wildman–Crippen MR) is 54.1 cm³/mol. The lowest BCUT2D eigenvalue weighted by Gasteiger charge is -2.25. The van der Waals surface area contributed by atoms with Gasteiger partial charge in [-0.05, 0) is 20.8 Å². The number of ketones is 2. The van der Waals surface area contributed by atoms with Gasteiger partial charge in [-0.25, -0.2) is 4.79 Å². The van der Waals surface area contributed by atoms with Gasteiger partial charge in [0.05, 0.1) is 12.5 Å². The molecule has 0 fully saturated rings. The van der Waals surface area contributed by atoms with Crippen LogP contribution in [0.2, 0.25) is 0 Å². The average molecular weight is 210 g/mol. The van der Waals surface area contributed by atoms with Crippen molar-refractivity contribution in [1.29, 1.82) is 0 Å². The molecular formula is C10H14N2O3. The molecule has 0 radical (unpaired) electrons. The molecule has 0 saturated carbocycles. The summed E-state index contributed by atoms with van der Waals surface area (Å²) in [4.78, 5) is 33.5. The standard InChI is InChI=1S/C10H14N2O3/c1-5(13)4-8(14)9-6(2)11-10(15)12-7(9)3/h6H,4H2,1-3H3,(H2,11,12,15). The SMILES string of the molecule is CC(=O)CC(=O)C1=C(C)NC(=O)NC1C. The van der Waals surface area contributed by atoms with E-state index in [0.717, 1.165) is 0 Å². The lowest BCUT2D eigenvalue weighted by molar-refractivity contribution is -0.124. The third kappa shape index (κ3) is 2.65. The van der Waals surface area contributed by atoms with Crippen LogP contribution in [0.5, 0.6) is 0 Å². The normalized spacial score (nSPS) is 20.7. The molecule has 2 amide bonds. The molecule has 0 aliphatic carbocycles. The molecule has 15 heavy (non-hydrogen) atoms. The highest BCUT2D eigenvalue weighted by molar-refractivity contribution is 6.08. The zero-order valence-electron chi connectivity index (χ0n) is 9.01. The summed E-state index contributed by atoms with van der Waals surface area (Å²) in [7, 11) is 0. The van der Waals surface area contributed by atoms with E-state index in [1.54, 1.807) is 13.8 Å². The maximum atomic E-state index is 11.7. The molecule has 5 heteroatoms. The van der Waals surface area contributed by atoms with Gasteiger partial charge in [0.1, 0.15) is 5.78 Å². The van der Waals surface area contributed by atoms with Crippen LogP contribution in [0, 0.1) is 0 Å². The molecule has 0 aromatic rings. The average Bonchev–Trinajstić information content (AvgIpc) is 1.99. The third-order valence-electron chi connectivity index (χ3n) is 2.20. The smallest absolute Gasteiger partial charge is 0.319 e. The topological polar surface area (TPSA) is 75.3 Å². The van der Waals surface area contributed by atoms with E-state index in [4.69, 9.17) is 0 Å². The first-order valence-electron chi connectivity index (χ1n) is 4.72. The second kappa shape index (κ2) is 4.25. The second-order valence-corrected chi connectivity index (χ2v) is 3.66. The van der Waals surface area contributed by atoms with Gasteiger partial charge < -0.3 is 10.6 Å². The summed E-state index contributed by atoms with van der Waals surface area (Å²) < 4.78 is 0. The molecule has 0 spiro atoms. The van der Waals surface area contributed by atoms with Gasteiger partial charge in [0.25, 0.3) is 0 Å². The number of hydrogen-bond acceptors (Lipinski definition) is 3. The molecule has 1 unspecified atom stereocenters.